The lowest BCUT2D eigenvalue weighted by Crippen LogP contribution is -2.43. The Kier molecular flexibility index (Phi) is 4.37. The molecule has 0 heterocycles. The van der Waals surface area contributed by atoms with Gasteiger partial charge in [-0.05, 0) is 17.7 Å². The number of benzene rings is 1. The van der Waals surface area contributed by atoms with Crippen LogP contribution in [0.2, 0.25) is 5.02 Å². The van der Waals surface area contributed by atoms with Crippen molar-refractivity contribution in [3.05, 3.63) is 34.6 Å². The van der Waals surface area contributed by atoms with Crippen LogP contribution >= 0.6 is 11.6 Å². The molecular formula is C10H13ClFN3O. The van der Waals surface area contributed by atoms with Crippen LogP contribution in [0.3, 0.4) is 0 Å². The van der Waals surface area contributed by atoms with E-state index >= 15 is 0 Å². The van der Waals surface area contributed by atoms with Crippen LogP contribution in [0, 0.1) is 5.82 Å². The largest absolute Gasteiger partial charge is 0.320 e. The van der Waals surface area contributed by atoms with E-state index in [4.69, 9.17) is 23.2 Å². The van der Waals surface area contributed by atoms with Crippen LogP contribution in [0.5, 0.6) is 0 Å². The van der Waals surface area contributed by atoms with E-state index in [1.165, 1.54) is 23.2 Å². The molecule has 4 nitrogen and oxygen atoms in total. The molecule has 2 atom stereocenters. The average molecular weight is 246 g/mol. The normalized spacial score (nSPS) is 14.9. The van der Waals surface area contributed by atoms with Crippen molar-refractivity contribution in [1.29, 1.82) is 0 Å². The molecule has 0 amide bonds. The fraction of sp³-hybridized carbons (Fsp3) is 0.300. The molecular weight excluding hydrogens is 233 g/mol. The predicted octanol–water partition coefficient (Wildman–Crippen LogP) is 0.852. The summed E-state index contributed by atoms with van der Waals surface area (Å²) in [5, 5.41) is 1.27. The number of hydrogen-bond donors (Lipinski definition) is 2. The van der Waals surface area contributed by atoms with Gasteiger partial charge < -0.3 is 10.5 Å². The van der Waals surface area contributed by atoms with Crippen molar-refractivity contribution in [2.24, 2.45) is 11.6 Å². The third kappa shape index (κ3) is 2.76. The number of nitrogens with two attached hydrogens (primary N) is 2. The first-order valence-corrected chi connectivity index (χ1v) is 4.98. The first-order chi connectivity index (χ1) is 7.47. The maximum absolute atomic E-state index is 13.0. The Morgan fingerprint density at radius 3 is 2.62 bits per heavy atom. The summed E-state index contributed by atoms with van der Waals surface area (Å²) in [5.74, 6) is 5.07. The number of nitrogens with zero attached hydrogens (tertiary/aromatic N) is 1. The molecule has 4 N–H and O–H groups in total. The van der Waals surface area contributed by atoms with Gasteiger partial charge in [-0.25, -0.2) is 9.40 Å². The van der Waals surface area contributed by atoms with E-state index < -0.39 is 17.9 Å². The third-order valence-electron chi connectivity index (χ3n) is 2.25. The van der Waals surface area contributed by atoms with Crippen LogP contribution in [0.4, 0.5) is 4.39 Å². The van der Waals surface area contributed by atoms with Gasteiger partial charge in [0.15, 0.2) is 0 Å². The van der Waals surface area contributed by atoms with E-state index in [1.807, 2.05) is 0 Å². The third-order valence-corrected chi connectivity index (χ3v) is 2.54. The summed E-state index contributed by atoms with van der Waals surface area (Å²) in [6, 6.07) is 2.80. The molecule has 0 aromatic heterocycles. The first kappa shape index (κ1) is 13.1. The Morgan fingerprint density at radius 1 is 1.56 bits per heavy atom. The highest BCUT2D eigenvalue weighted by molar-refractivity contribution is 6.30. The first-order valence-electron chi connectivity index (χ1n) is 4.60. The molecule has 88 valence electrons. The fourth-order valence-corrected chi connectivity index (χ4v) is 1.69. The Balaban J connectivity index is 3.11. The summed E-state index contributed by atoms with van der Waals surface area (Å²) in [7, 11) is 1.57. The summed E-state index contributed by atoms with van der Waals surface area (Å²) in [5.41, 5.74) is 6.21. The van der Waals surface area contributed by atoms with Gasteiger partial charge in [0, 0.05) is 7.05 Å². The van der Waals surface area contributed by atoms with E-state index in [0.29, 0.717) is 11.8 Å². The molecule has 6 heteroatoms. The molecule has 0 spiro atoms. The van der Waals surface area contributed by atoms with Crippen molar-refractivity contribution >= 4 is 17.9 Å². The summed E-state index contributed by atoms with van der Waals surface area (Å²) < 4.78 is 13.0. The van der Waals surface area contributed by atoms with Crippen LogP contribution in [-0.2, 0) is 4.79 Å². The minimum absolute atomic E-state index is 0.0255. The lowest BCUT2D eigenvalue weighted by molar-refractivity contribution is -0.110. The molecule has 0 saturated carbocycles. The Bertz CT molecular complexity index is 386. The Labute approximate surface area is 97.9 Å². The molecule has 1 aromatic carbocycles. The second kappa shape index (κ2) is 5.36. The van der Waals surface area contributed by atoms with Crippen LogP contribution in [0.15, 0.2) is 18.2 Å². The van der Waals surface area contributed by atoms with Gasteiger partial charge in [0.25, 0.3) is 0 Å². The van der Waals surface area contributed by atoms with E-state index in [0.717, 1.165) is 0 Å². The number of aldehydes is 1. The summed E-state index contributed by atoms with van der Waals surface area (Å²) >= 11 is 5.65. The zero-order chi connectivity index (χ0) is 12.3. The number of rotatable bonds is 4. The number of carbonyl (C=O) groups excluding carboxylic acids is 1. The molecule has 2 unspecified atom stereocenters. The number of hydrazine groups is 1. The van der Waals surface area contributed by atoms with E-state index in [-0.39, 0.29) is 5.02 Å². The molecule has 16 heavy (non-hydrogen) atoms. The molecule has 0 aliphatic carbocycles. The van der Waals surface area contributed by atoms with Crippen LogP contribution in [0.1, 0.15) is 11.6 Å². The monoisotopic (exact) mass is 245 g/mol. The summed E-state index contributed by atoms with van der Waals surface area (Å²) in [4.78, 5) is 10.7. The smallest absolute Gasteiger partial charge is 0.141 e. The summed E-state index contributed by atoms with van der Waals surface area (Å²) in [6.45, 7) is 0. The van der Waals surface area contributed by atoms with Gasteiger partial charge in [-0.3, -0.25) is 5.84 Å². The van der Waals surface area contributed by atoms with Gasteiger partial charge in [0.1, 0.15) is 12.1 Å². The molecule has 0 aliphatic rings. The molecule has 0 saturated heterocycles. The maximum Gasteiger partial charge on any atom is 0.141 e. The SMILES string of the molecule is CN(N)C(c1ccc(F)c(Cl)c1)C(N)C=O. The molecule has 0 aliphatic heterocycles. The lowest BCUT2D eigenvalue weighted by Gasteiger charge is -2.26. The van der Waals surface area contributed by atoms with Crippen molar-refractivity contribution < 1.29 is 9.18 Å². The lowest BCUT2D eigenvalue weighted by atomic mass is 10.0. The van der Waals surface area contributed by atoms with Crippen LogP contribution < -0.4 is 11.6 Å². The number of likely N-dealkylation sites (N-methyl/N-ethyl adjacent to an activating group) is 1. The van der Waals surface area contributed by atoms with Gasteiger partial charge in [-0.1, -0.05) is 17.7 Å². The van der Waals surface area contributed by atoms with Crippen molar-refractivity contribution in [3.8, 4) is 0 Å². The van der Waals surface area contributed by atoms with E-state index in [2.05, 4.69) is 0 Å². The van der Waals surface area contributed by atoms with Crippen LogP contribution in [0.25, 0.3) is 0 Å². The topological polar surface area (TPSA) is 72.3 Å². The molecule has 1 aromatic rings. The van der Waals surface area contributed by atoms with Crippen molar-refractivity contribution in [3.63, 3.8) is 0 Å². The number of halogens is 2. The second-order valence-corrected chi connectivity index (χ2v) is 3.90. The molecule has 0 bridgehead atoms. The minimum Gasteiger partial charge on any atom is -0.320 e. The zero-order valence-electron chi connectivity index (χ0n) is 8.73. The Hall–Kier alpha value is -1.01. The molecule has 1 rings (SSSR count). The highest BCUT2D eigenvalue weighted by Crippen LogP contribution is 2.24. The molecule has 0 fully saturated rings. The van der Waals surface area contributed by atoms with E-state index in [1.54, 1.807) is 7.05 Å². The maximum atomic E-state index is 13.0. The quantitative estimate of drug-likeness (QED) is 0.469. The van der Waals surface area contributed by atoms with Gasteiger partial charge in [0.2, 0.25) is 0 Å². The van der Waals surface area contributed by atoms with Crippen molar-refractivity contribution in [2.45, 2.75) is 12.1 Å². The van der Waals surface area contributed by atoms with Gasteiger partial charge in [-0.15, -0.1) is 0 Å². The van der Waals surface area contributed by atoms with Gasteiger partial charge in [-0.2, -0.15) is 0 Å². The highest BCUT2D eigenvalue weighted by atomic mass is 35.5. The minimum atomic E-state index is -0.795. The highest BCUT2D eigenvalue weighted by Gasteiger charge is 2.22. The van der Waals surface area contributed by atoms with Crippen LogP contribution in [-0.4, -0.2) is 24.4 Å². The zero-order valence-corrected chi connectivity index (χ0v) is 9.49. The standard InChI is InChI=1S/C10H13ClFN3O/c1-15(14)10(9(13)5-16)6-2-3-8(12)7(11)4-6/h2-5,9-10H,13-14H2,1H3. The number of hydrogen-bond acceptors (Lipinski definition) is 4. The van der Waals surface area contributed by atoms with E-state index in [9.17, 15) is 9.18 Å². The average Bonchev–Trinajstić information content (AvgIpc) is 2.22. The number of carbonyl (C=O) groups is 1. The Morgan fingerprint density at radius 2 is 2.19 bits per heavy atom. The van der Waals surface area contributed by atoms with Gasteiger partial charge >= 0.3 is 0 Å². The predicted molar refractivity (Wildman–Crippen MR) is 60.1 cm³/mol. The molecule has 0 radical (unpaired) electrons. The van der Waals surface area contributed by atoms with Crippen molar-refractivity contribution in [1.82, 2.24) is 5.01 Å². The van der Waals surface area contributed by atoms with Gasteiger partial charge in [0.05, 0.1) is 17.1 Å². The fourth-order valence-electron chi connectivity index (χ4n) is 1.50. The van der Waals surface area contributed by atoms with Crippen molar-refractivity contribution in [2.75, 3.05) is 7.05 Å². The summed E-state index contributed by atoms with van der Waals surface area (Å²) in [6.07, 6.45) is 0.589. The second-order valence-electron chi connectivity index (χ2n) is 3.50.